The quantitative estimate of drug-likeness (QED) is 0.682. The number of nitrogens with zero attached hydrogens (tertiary/aromatic N) is 5. The minimum absolute atomic E-state index is 0.398. The van der Waals surface area contributed by atoms with Gasteiger partial charge in [0.1, 0.15) is 18.7 Å². The average molecular weight is 186 g/mol. The maximum absolute atomic E-state index is 8.60. The van der Waals surface area contributed by atoms with E-state index >= 15 is 0 Å². The standard InChI is InChI=1S/C8H6N6/c9-2-6-1-7(10)8(12-3-6)14-5-11-4-13-14/h1,3-5H,10H2. The zero-order valence-corrected chi connectivity index (χ0v) is 7.12. The van der Waals surface area contributed by atoms with Gasteiger partial charge in [-0.05, 0) is 6.07 Å². The van der Waals surface area contributed by atoms with Crippen LogP contribution < -0.4 is 5.73 Å². The van der Waals surface area contributed by atoms with Gasteiger partial charge in [-0.2, -0.15) is 10.4 Å². The van der Waals surface area contributed by atoms with Crippen LogP contribution in [0.1, 0.15) is 5.56 Å². The fourth-order valence-electron chi connectivity index (χ4n) is 1.04. The Morgan fingerprint density at radius 3 is 2.93 bits per heavy atom. The maximum Gasteiger partial charge on any atom is 0.178 e. The summed E-state index contributed by atoms with van der Waals surface area (Å²) in [6.45, 7) is 0. The van der Waals surface area contributed by atoms with Crippen LogP contribution in [0.2, 0.25) is 0 Å². The van der Waals surface area contributed by atoms with Crippen LogP contribution in [0, 0.1) is 11.3 Å². The van der Waals surface area contributed by atoms with Crippen LogP contribution in [0.3, 0.4) is 0 Å². The van der Waals surface area contributed by atoms with Gasteiger partial charge in [-0.1, -0.05) is 0 Å². The topological polar surface area (TPSA) is 93.4 Å². The SMILES string of the molecule is N#Cc1cnc(-n2cncn2)c(N)c1. The van der Waals surface area contributed by atoms with Crippen molar-refractivity contribution in [1.82, 2.24) is 19.7 Å². The number of nitrogen functional groups attached to an aromatic ring is 1. The highest BCUT2D eigenvalue weighted by Gasteiger charge is 2.04. The number of rotatable bonds is 1. The molecule has 0 bridgehead atoms. The zero-order valence-electron chi connectivity index (χ0n) is 7.12. The first-order chi connectivity index (χ1) is 6.81. The van der Waals surface area contributed by atoms with Gasteiger partial charge in [-0.25, -0.2) is 14.6 Å². The Morgan fingerprint density at radius 2 is 2.36 bits per heavy atom. The lowest BCUT2D eigenvalue weighted by atomic mass is 10.3. The molecule has 0 saturated heterocycles. The van der Waals surface area contributed by atoms with E-state index < -0.39 is 0 Å². The summed E-state index contributed by atoms with van der Waals surface area (Å²) in [6.07, 6.45) is 4.32. The van der Waals surface area contributed by atoms with Crippen molar-refractivity contribution >= 4 is 5.69 Å². The van der Waals surface area contributed by atoms with Crippen LogP contribution in [0.5, 0.6) is 0 Å². The van der Waals surface area contributed by atoms with Gasteiger partial charge >= 0.3 is 0 Å². The number of hydrogen-bond acceptors (Lipinski definition) is 5. The molecule has 68 valence electrons. The Labute approximate surface area is 79.6 Å². The lowest BCUT2D eigenvalue weighted by Crippen LogP contribution is -2.03. The number of nitrogens with two attached hydrogens (primary N) is 1. The van der Waals surface area contributed by atoms with Crippen molar-refractivity contribution in [3.63, 3.8) is 0 Å². The Morgan fingerprint density at radius 1 is 1.50 bits per heavy atom. The number of hydrogen-bond donors (Lipinski definition) is 1. The highest BCUT2D eigenvalue weighted by atomic mass is 15.3. The molecule has 0 amide bonds. The van der Waals surface area contributed by atoms with Gasteiger partial charge < -0.3 is 5.73 Å². The van der Waals surface area contributed by atoms with Gasteiger partial charge in [0.2, 0.25) is 0 Å². The van der Waals surface area contributed by atoms with Crippen molar-refractivity contribution in [2.75, 3.05) is 5.73 Å². The molecule has 0 aliphatic carbocycles. The third kappa shape index (κ3) is 1.27. The fraction of sp³-hybridized carbons (Fsp3) is 0. The summed E-state index contributed by atoms with van der Waals surface area (Å²) in [5.74, 6) is 0.474. The number of aromatic nitrogens is 4. The molecule has 2 aromatic heterocycles. The zero-order chi connectivity index (χ0) is 9.97. The normalized spacial score (nSPS) is 9.64. The van der Waals surface area contributed by atoms with Crippen molar-refractivity contribution < 1.29 is 0 Å². The maximum atomic E-state index is 8.60. The minimum Gasteiger partial charge on any atom is -0.396 e. The van der Waals surface area contributed by atoms with Crippen molar-refractivity contribution in [1.29, 1.82) is 5.26 Å². The molecule has 0 fully saturated rings. The smallest absolute Gasteiger partial charge is 0.178 e. The van der Waals surface area contributed by atoms with Crippen LogP contribution >= 0.6 is 0 Å². The van der Waals surface area contributed by atoms with Gasteiger partial charge in [0.25, 0.3) is 0 Å². The third-order valence-corrected chi connectivity index (χ3v) is 1.66. The van der Waals surface area contributed by atoms with E-state index in [9.17, 15) is 0 Å². The molecule has 0 unspecified atom stereocenters. The molecule has 2 N–H and O–H groups in total. The van der Waals surface area contributed by atoms with E-state index in [0.29, 0.717) is 17.1 Å². The van der Waals surface area contributed by atoms with E-state index in [-0.39, 0.29) is 0 Å². The Kier molecular flexibility index (Phi) is 1.84. The molecule has 0 aromatic carbocycles. The Bertz CT molecular complexity index is 481. The summed E-state index contributed by atoms with van der Waals surface area (Å²) >= 11 is 0. The highest BCUT2D eigenvalue weighted by molar-refractivity contribution is 5.55. The van der Waals surface area contributed by atoms with Gasteiger partial charge in [-0.3, -0.25) is 0 Å². The van der Waals surface area contributed by atoms with Crippen LogP contribution in [0.25, 0.3) is 5.82 Å². The molecule has 0 aliphatic heterocycles. The summed E-state index contributed by atoms with van der Waals surface area (Å²) in [7, 11) is 0. The Balaban J connectivity index is 2.52. The average Bonchev–Trinajstić information content (AvgIpc) is 2.70. The first kappa shape index (κ1) is 8.19. The van der Waals surface area contributed by atoms with Crippen LogP contribution in [0.15, 0.2) is 24.9 Å². The molecule has 0 radical (unpaired) electrons. The summed E-state index contributed by atoms with van der Waals surface area (Å²) in [5, 5.41) is 12.5. The van der Waals surface area contributed by atoms with Crippen molar-refractivity contribution in [3.8, 4) is 11.9 Å². The second-order valence-electron chi connectivity index (χ2n) is 2.59. The minimum atomic E-state index is 0.398. The lowest BCUT2D eigenvalue weighted by molar-refractivity contribution is 0.848. The van der Waals surface area contributed by atoms with Crippen molar-refractivity contribution in [3.05, 3.63) is 30.5 Å². The van der Waals surface area contributed by atoms with E-state index in [1.807, 2.05) is 6.07 Å². The summed E-state index contributed by atoms with van der Waals surface area (Å²) in [6, 6.07) is 3.50. The molecule has 0 spiro atoms. The first-order valence-corrected chi connectivity index (χ1v) is 3.82. The molecule has 2 heterocycles. The summed E-state index contributed by atoms with van der Waals surface area (Å²) in [5.41, 5.74) is 6.51. The fourth-order valence-corrected chi connectivity index (χ4v) is 1.04. The predicted molar refractivity (Wildman–Crippen MR) is 48.3 cm³/mol. The van der Waals surface area contributed by atoms with Gasteiger partial charge in [-0.15, -0.1) is 0 Å². The largest absolute Gasteiger partial charge is 0.396 e. The highest BCUT2D eigenvalue weighted by Crippen LogP contribution is 2.13. The molecule has 14 heavy (non-hydrogen) atoms. The van der Waals surface area contributed by atoms with Crippen LogP contribution in [-0.2, 0) is 0 Å². The molecule has 2 aromatic rings. The van der Waals surface area contributed by atoms with Crippen molar-refractivity contribution in [2.45, 2.75) is 0 Å². The van der Waals surface area contributed by atoms with Gasteiger partial charge in [0.15, 0.2) is 5.82 Å². The molecular weight excluding hydrogens is 180 g/mol. The first-order valence-electron chi connectivity index (χ1n) is 3.82. The van der Waals surface area contributed by atoms with E-state index in [0.717, 1.165) is 0 Å². The van der Waals surface area contributed by atoms with Gasteiger partial charge in [0.05, 0.1) is 11.3 Å². The summed E-state index contributed by atoms with van der Waals surface area (Å²) < 4.78 is 1.44. The molecule has 0 saturated carbocycles. The second-order valence-corrected chi connectivity index (χ2v) is 2.59. The molecule has 0 aliphatic rings. The molecule has 6 nitrogen and oxygen atoms in total. The summed E-state index contributed by atoms with van der Waals surface area (Å²) in [4.78, 5) is 7.78. The molecular formula is C8H6N6. The monoisotopic (exact) mass is 186 g/mol. The second kappa shape index (κ2) is 3.14. The number of pyridine rings is 1. The molecule has 0 atom stereocenters. The Hall–Kier alpha value is -2.42. The van der Waals surface area contributed by atoms with E-state index in [1.54, 1.807) is 6.07 Å². The lowest BCUT2D eigenvalue weighted by Gasteiger charge is -2.02. The van der Waals surface area contributed by atoms with Crippen LogP contribution in [-0.4, -0.2) is 19.7 Å². The van der Waals surface area contributed by atoms with E-state index in [2.05, 4.69) is 15.1 Å². The third-order valence-electron chi connectivity index (χ3n) is 1.66. The van der Waals surface area contributed by atoms with Gasteiger partial charge in [0, 0.05) is 6.20 Å². The van der Waals surface area contributed by atoms with E-state index in [4.69, 9.17) is 11.0 Å². The van der Waals surface area contributed by atoms with Crippen molar-refractivity contribution in [2.24, 2.45) is 0 Å². The number of nitriles is 1. The number of anilines is 1. The predicted octanol–water partition coefficient (Wildman–Crippen LogP) is 0.116. The van der Waals surface area contributed by atoms with E-state index in [1.165, 1.54) is 23.5 Å². The van der Waals surface area contributed by atoms with Crippen LogP contribution in [0.4, 0.5) is 5.69 Å². The molecule has 6 heteroatoms. The molecule has 2 rings (SSSR count).